The zero-order valence-electron chi connectivity index (χ0n) is 11.4. The van der Waals surface area contributed by atoms with Gasteiger partial charge in [-0.25, -0.2) is 4.39 Å². The largest absolute Gasteiger partial charge is 0.317 e. The predicted octanol–water partition coefficient (Wildman–Crippen LogP) is 3.75. The Bertz CT molecular complexity index is 545. The Morgan fingerprint density at radius 2 is 2.15 bits per heavy atom. The highest BCUT2D eigenvalue weighted by Gasteiger charge is 2.09. The van der Waals surface area contributed by atoms with Crippen LogP contribution in [0.3, 0.4) is 0 Å². The molecule has 0 saturated heterocycles. The summed E-state index contributed by atoms with van der Waals surface area (Å²) in [4.78, 5) is 4.13. The van der Waals surface area contributed by atoms with Crippen LogP contribution in [0, 0.1) is 5.82 Å². The zero-order chi connectivity index (χ0) is 14.4. The monoisotopic (exact) mass is 336 g/mol. The molecule has 1 aromatic heterocycles. The third-order valence-electron chi connectivity index (χ3n) is 3.38. The Hall–Kier alpha value is -1.26. The van der Waals surface area contributed by atoms with Crippen LogP contribution < -0.4 is 5.32 Å². The molecule has 1 N–H and O–H groups in total. The van der Waals surface area contributed by atoms with Crippen LogP contribution in [0.4, 0.5) is 4.39 Å². The van der Waals surface area contributed by atoms with Gasteiger partial charge >= 0.3 is 0 Å². The summed E-state index contributed by atoms with van der Waals surface area (Å²) in [5.41, 5.74) is 2.37. The van der Waals surface area contributed by atoms with Crippen molar-refractivity contribution in [3.8, 4) is 0 Å². The van der Waals surface area contributed by atoms with Crippen LogP contribution in [0.15, 0.2) is 47.2 Å². The van der Waals surface area contributed by atoms with Gasteiger partial charge in [-0.2, -0.15) is 0 Å². The summed E-state index contributed by atoms with van der Waals surface area (Å²) in [6, 6.07) is 9.62. The van der Waals surface area contributed by atoms with Crippen molar-refractivity contribution in [2.24, 2.45) is 0 Å². The van der Waals surface area contributed by atoms with Crippen molar-refractivity contribution >= 4 is 15.9 Å². The van der Waals surface area contributed by atoms with E-state index in [1.54, 1.807) is 6.20 Å². The van der Waals surface area contributed by atoms with Crippen molar-refractivity contribution in [3.63, 3.8) is 0 Å². The Labute approximate surface area is 127 Å². The first kappa shape index (κ1) is 15.1. The van der Waals surface area contributed by atoms with Gasteiger partial charge in [-0.1, -0.05) is 12.1 Å². The molecule has 2 nitrogen and oxygen atoms in total. The third kappa shape index (κ3) is 4.39. The molecule has 0 aliphatic carbocycles. The maximum Gasteiger partial charge on any atom is 0.137 e. The molecule has 1 unspecified atom stereocenters. The maximum absolute atomic E-state index is 13.2. The first-order valence-electron chi connectivity index (χ1n) is 6.69. The van der Waals surface area contributed by atoms with Crippen molar-refractivity contribution in [1.82, 2.24) is 10.3 Å². The van der Waals surface area contributed by atoms with Crippen LogP contribution >= 0.6 is 15.9 Å². The molecule has 1 atom stereocenters. The van der Waals surface area contributed by atoms with E-state index in [9.17, 15) is 4.39 Å². The maximum atomic E-state index is 13.2. The average Bonchev–Trinajstić information content (AvgIpc) is 2.48. The molecular weight excluding hydrogens is 319 g/mol. The van der Waals surface area contributed by atoms with Gasteiger partial charge in [-0.05, 0) is 71.6 Å². The molecule has 1 aromatic carbocycles. The fourth-order valence-electron chi connectivity index (χ4n) is 2.19. The molecule has 1 heterocycles. The van der Waals surface area contributed by atoms with Crippen molar-refractivity contribution in [2.45, 2.75) is 25.3 Å². The highest BCUT2D eigenvalue weighted by atomic mass is 79.9. The van der Waals surface area contributed by atoms with Gasteiger partial charge in [0.25, 0.3) is 0 Å². The Morgan fingerprint density at radius 3 is 2.80 bits per heavy atom. The van der Waals surface area contributed by atoms with Gasteiger partial charge in [0.05, 0.1) is 4.47 Å². The van der Waals surface area contributed by atoms with E-state index < -0.39 is 0 Å². The number of nitrogens with zero attached hydrogens (tertiary/aromatic N) is 1. The third-order valence-corrected chi connectivity index (χ3v) is 3.99. The summed E-state index contributed by atoms with van der Waals surface area (Å²) in [7, 11) is 1.96. The first-order chi connectivity index (χ1) is 9.69. The Morgan fingerprint density at radius 1 is 1.30 bits per heavy atom. The lowest BCUT2D eigenvalue weighted by atomic mass is 10.00. The lowest BCUT2D eigenvalue weighted by molar-refractivity contribution is 0.519. The van der Waals surface area contributed by atoms with E-state index in [0.717, 1.165) is 24.8 Å². The van der Waals surface area contributed by atoms with Gasteiger partial charge in [0.15, 0.2) is 0 Å². The summed E-state index contributed by atoms with van der Waals surface area (Å²) in [6.07, 6.45) is 6.59. The van der Waals surface area contributed by atoms with Crippen molar-refractivity contribution in [2.75, 3.05) is 7.05 Å². The normalized spacial score (nSPS) is 12.3. The summed E-state index contributed by atoms with van der Waals surface area (Å²) >= 11 is 3.23. The molecule has 0 spiro atoms. The van der Waals surface area contributed by atoms with Crippen molar-refractivity contribution in [3.05, 3.63) is 64.1 Å². The van der Waals surface area contributed by atoms with Crippen molar-refractivity contribution in [1.29, 1.82) is 0 Å². The van der Waals surface area contributed by atoms with E-state index in [4.69, 9.17) is 0 Å². The van der Waals surface area contributed by atoms with E-state index >= 15 is 0 Å². The molecule has 0 saturated carbocycles. The second kappa shape index (κ2) is 7.50. The first-order valence-corrected chi connectivity index (χ1v) is 7.48. The van der Waals surface area contributed by atoms with E-state index in [-0.39, 0.29) is 5.82 Å². The number of aryl methyl sites for hydroxylation is 1. The second-order valence-electron chi connectivity index (χ2n) is 4.84. The molecular formula is C16H18BrFN2. The fraction of sp³-hybridized carbons (Fsp3) is 0.312. The van der Waals surface area contributed by atoms with Crippen LogP contribution in [0.1, 0.15) is 17.5 Å². The van der Waals surface area contributed by atoms with Crippen LogP contribution in [0.25, 0.3) is 0 Å². The van der Waals surface area contributed by atoms with Crippen LogP contribution in [-0.4, -0.2) is 18.1 Å². The number of halogens is 2. The molecule has 106 valence electrons. The van der Waals surface area contributed by atoms with Gasteiger partial charge in [-0.3, -0.25) is 4.98 Å². The second-order valence-corrected chi connectivity index (χ2v) is 5.69. The lowest BCUT2D eigenvalue weighted by Crippen LogP contribution is -2.28. The van der Waals surface area contributed by atoms with Crippen LogP contribution in [0.5, 0.6) is 0 Å². The summed E-state index contributed by atoms with van der Waals surface area (Å²) in [5.74, 6) is -0.217. The molecule has 20 heavy (non-hydrogen) atoms. The molecule has 0 bridgehead atoms. The lowest BCUT2D eigenvalue weighted by Gasteiger charge is -2.16. The highest BCUT2D eigenvalue weighted by Crippen LogP contribution is 2.18. The number of hydrogen-bond donors (Lipinski definition) is 1. The van der Waals surface area contributed by atoms with Gasteiger partial charge in [0.1, 0.15) is 5.82 Å². The SMILES string of the molecule is CNC(CCc1cccnc1)Cc1ccc(F)c(Br)c1. The number of benzene rings is 1. The fourth-order valence-corrected chi connectivity index (χ4v) is 2.61. The van der Waals surface area contributed by atoms with Crippen molar-refractivity contribution < 1.29 is 4.39 Å². The Balaban J connectivity index is 1.93. The van der Waals surface area contributed by atoms with Gasteiger partial charge in [0.2, 0.25) is 0 Å². The van der Waals surface area contributed by atoms with Crippen LogP contribution in [-0.2, 0) is 12.8 Å². The summed E-state index contributed by atoms with van der Waals surface area (Å²) in [6.45, 7) is 0. The minimum atomic E-state index is -0.217. The molecule has 0 aliphatic heterocycles. The van der Waals surface area contributed by atoms with Gasteiger partial charge in [0, 0.05) is 18.4 Å². The van der Waals surface area contributed by atoms with E-state index in [2.05, 4.69) is 32.3 Å². The number of likely N-dealkylation sites (N-methyl/N-ethyl adjacent to an activating group) is 1. The van der Waals surface area contributed by atoms with Gasteiger partial charge in [-0.15, -0.1) is 0 Å². The summed E-state index contributed by atoms with van der Waals surface area (Å²) in [5, 5.41) is 3.33. The molecule has 0 fully saturated rings. The highest BCUT2D eigenvalue weighted by molar-refractivity contribution is 9.10. The minimum absolute atomic E-state index is 0.217. The molecule has 2 rings (SSSR count). The number of rotatable bonds is 6. The Kier molecular flexibility index (Phi) is 5.68. The predicted molar refractivity (Wildman–Crippen MR) is 83.2 cm³/mol. The molecule has 0 amide bonds. The zero-order valence-corrected chi connectivity index (χ0v) is 13.0. The van der Waals surface area contributed by atoms with E-state index in [0.29, 0.717) is 10.5 Å². The molecule has 4 heteroatoms. The smallest absolute Gasteiger partial charge is 0.137 e. The number of pyridine rings is 1. The van der Waals surface area contributed by atoms with E-state index in [1.165, 1.54) is 11.6 Å². The van der Waals surface area contributed by atoms with E-state index in [1.807, 2.05) is 31.4 Å². The van der Waals surface area contributed by atoms with Crippen LogP contribution in [0.2, 0.25) is 0 Å². The quantitative estimate of drug-likeness (QED) is 0.868. The molecule has 2 aromatic rings. The standard InChI is InChI=1S/C16H18BrFN2/c1-19-14(6-4-12-3-2-8-20-11-12)9-13-5-7-16(18)15(17)10-13/h2-3,5,7-8,10-11,14,19H,4,6,9H2,1H3. The minimum Gasteiger partial charge on any atom is -0.317 e. The van der Waals surface area contributed by atoms with Gasteiger partial charge < -0.3 is 5.32 Å². The topological polar surface area (TPSA) is 24.9 Å². The summed E-state index contributed by atoms with van der Waals surface area (Å²) < 4.78 is 13.7. The molecule has 0 radical (unpaired) electrons. The number of nitrogens with one attached hydrogen (secondary N) is 1. The number of hydrogen-bond acceptors (Lipinski definition) is 2. The average molecular weight is 337 g/mol. The number of aromatic nitrogens is 1. The molecule has 0 aliphatic rings.